The van der Waals surface area contributed by atoms with E-state index in [1.807, 2.05) is 24.4 Å². The van der Waals surface area contributed by atoms with Crippen LogP contribution in [-0.2, 0) is 0 Å². The third-order valence-corrected chi connectivity index (χ3v) is 3.77. The zero-order chi connectivity index (χ0) is 16.1. The lowest BCUT2D eigenvalue weighted by molar-refractivity contribution is 0.317. The van der Waals surface area contributed by atoms with Gasteiger partial charge in [0.15, 0.2) is 0 Å². The molecule has 0 heterocycles. The molecule has 0 bridgehead atoms. The maximum absolute atomic E-state index is 5.91. The lowest BCUT2D eigenvalue weighted by Gasteiger charge is -2.11. The first-order chi connectivity index (χ1) is 11.3. The van der Waals surface area contributed by atoms with Gasteiger partial charge in [0.1, 0.15) is 5.75 Å². The van der Waals surface area contributed by atoms with Gasteiger partial charge in [0.25, 0.3) is 0 Å². The van der Waals surface area contributed by atoms with Crippen LogP contribution in [0.2, 0.25) is 0 Å². The highest BCUT2D eigenvalue weighted by Gasteiger charge is 2.06. The van der Waals surface area contributed by atoms with E-state index in [0.29, 0.717) is 6.61 Å². The van der Waals surface area contributed by atoms with Crippen LogP contribution in [0.4, 0.5) is 5.69 Å². The fourth-order valence-electron chi connectivity index (χ4n) is 2.52. The molecule has 0 aliphatic heterocycles. The SMILES string of the molecule is CCCOc1ccc2ccccc2c1C=Nc1ccc(C)cc1. The number of benzene rings is 3. The molecule has 0 N–H and O–H groups in total. The second-order valence-corrected chi connectivity index (χ2v) is 5.64. The van der Waals surface area contributed by atoms with E-state index in [-0.39, 0.29) is 0 Å². The van der Waals surface area contributed by atoms with E-state index in [1.54, 1.807) is 0 Å². The molecule has 0 radical (unpaired) electrons. The molecular formula is C21H21NO. The Morgan fingerprint density at radius 3 is 2.52 bits per heavy atom. The summed E-state index contributed by atoms with van der Waals surface area (Å²) < 4.78 is 5.91. The van der Waals surface area contributed by atoms with Crippen molar-refractivity contribution in [1.82, 2.24) is 0 Å². The summed E-state index contributed by atoms with van der Waals surface area (Å²) in [6, 6.07) is 20.7. The van der Waals surface area contributed by atoms with Crippen molar-refractivity contribution in [2.75, 3.05) is 6.61 Å². The van der Waals surface area contributed by atoms with Crippen molar-refractivity contribution < 1.29 is 4.74 Å². The second kappa shape index (κ2) is 7.10. The Bertz CT molecular complexity index is 819. The normalized spacial score (nSPS) is 11.2. The van der Waals surface area contributed by atoms with Crippen LogP contribution in [0.25, 0.3) is 10.8 Å². The van der Waals surface area contributed by atoms with Gasteiger partial charge in [-0.1, -0.05) is 55.0 Å². The molecule has 3 aromatic rings. The molecule has 0 aliphatic rings. The molecule has 116 valence electrons. The van der Waals surface area contributed by atoms with Gasteiger partial charge < -0.3 is 4.74 Å². The predicted octanol–water partition coefficient (Wildman–Crippen LogP) is 5.69. The van der Waals surface area contributed by atoms with Gasteiger partial charge in [-0.15, -0.1) is 0 Å². The van der Waals surface area contributed by atoms with Crippen molar-refractivity contribution in [3.63, 3.8) is 0 Å². The van der Waals surface area contributed by atoms with Gasteiger partial charge in [-0.3, -0.25) is 4.99 Å². The molecule has 0 spiro atoms. The Labute approximate surface area is 137 Å². The topological polar surface area (TPSA) is 21.6 Å². The fraction of sp³-hybridized carbons (Fsp3) is 0.190. The average Bonchev–Trinajstić information content (AvgIpc) is 2.59. The van der Waals surface area contributed by atoms with E-state index < -0.39 is 0 Å². The summed E-state index contributed by atoms with van der Waals surface area (Å²) in [6.07, 6.45) is 2.90. The van der Waals surface area contributed by atoms with E-state index >= 15 is 0 Å². The van der Waals surface area contributed by atoms with Gasteiger partial charge in [0.2, 0.25) is 0 Å². The molecule has 0 aliphatic carbocycles. The summed E-state index contributed by atoms with van der Waals surface area (Å²) in [6.45, 7) is 4.90. The van der Waals surface area contributed by atoms with Crippen LogP contribution >= 0.6 is 0 Å². The Hall–Kier alpha value is -2.61. The first-order valence-corrected chi connectivity index (χ1v) is 8.03. The van der Waals surface area contributed by atoms with Crippen LogP contribution < -0.4 is 4.74 Å². The Morgan fingerprint density at radius 2 is 1.74 bits per heavy atom. The number of aryl methyl sites for hydroxylation is 1. The number of nitrogens with zero attached hydrogens (tertiary/aromatic N) is 1. The lowest BCUT2D eigenvalue weighted by Crippen LogP contribution is -1.99. The number of fused-ring (bicyclic) bond motifs is 1. The van der Waals surface area contributed by atoms with E-state index in [2.05, 4.69) is 61.3 Å². The van der Waals surface area contributed by atoms with Crippen LogP contribution in [-0.4, -0.2) is 12.8 Å². The van der Waals surface area contributed by atoms with Crippen molar-refractivity contribution in [2.45, 2.75) is 20.3 Å². The number of ether oxygens (including phenoxy) is 1. The number of hydrogen-bond donors (Lipinski definition) is 0. The van der Waals surface area contributed by atoms with E-state index in [4.69, 9.17) is 4.74 Å². The molecule has 0 unspecified atom stereocenters. The van der Waals surface area contributed by atoms with Crippen molar-refractivity contribution >= 4 is 22.7 Å². The van der Waals surface area contributed by atoms with Gasteiger partial charge in [-0.25, -0.2) is 0 Å². The van der Waals surface area contributed by atoms with Gasteiger partial charge in [-0.05, 0) is 42.3 Å². The summed E-state index contributed by atoms with van der Waals surface area (Å²) >= 11 is 0. The van der Waals surface area contributed by atoms with Crippen LogP contribution in [0.5, 0.6) is 5.75 Å². The monoisotopic (exact) mass is 303 g/mol. The van der Waals surface area contributed by atoms with Gasteiger partial charge in [0, 0.05) is 11.8 Å². The average molecular weight is 303 g/mol. The highest BCUT2D eigenvalue weighted by molar-refractivity contribution is 6.03. The van der Waals surface area contributed by atoms with E-state index in [9.17, 15) is 0 Å². The molecular weight excluding hydrogens is 282 g/mol. The van der Waals surface area contributed by atoms with Crippen LogP contribution in [0, 0.1) is 6.92 Å². The third-order valence-electron chi connectivity index (χ3n) is 3.77. The minimum atomic E-state index is 0.712. The molecule has 23 heavy (non-hydrogen) atoms. The summed E-state index contributed by atoms with van der Waals surface area (Å²) in [4.78, 5) is 4.63. The summed E-state index contributed by atoms with van der Waals surface area (Å²) in [5, 5.41) is 2.36. The Kier molecular flexibility index (Phi) is 4.72. The number of hydrogen-bond acceptors (Lipinski definition) is 2. The molecule has 0 saturated carbocycles. The minimum Gasteiger partial charge on any atom is -0.493 e. The molecule has 3 rings (SSSR count). The van der Waals surface area contributed by atoms with Crippen LogP contribution in [0.1, 0.15) is 24.5 Å². The summed E-state index contributed by atoms with van der Waals surface area (Å²) in [5.41, 5.74) is 3.23. The predicted molar refractivity (Wildman–Crippen MR) is 98.2 cm³/mol. The van der Waals surface area contributed by atoms with Crippen molar-refractivity contribution in [3.8, 4) is 5.75 Å². The van der Waals surface area contributed by atoms with E-state index in [1.165, 1.54) is 10.9 Å². The molecule has 0 aromatic heterocycles. The molecule has 0 saturated heterocycles. The lowest BCUT2D eigenvalue weighted by atomic mass is 10.0. The summed E-state index contributed by atoms with van der Waals surface area (Å²) in [5.74, 6) is 0.890. The third kappa shape index (κ3) is 3.59. The first-order valence-electron chi connectivity index (χ1n) is 8.03. The minimum absolute atomic E-state index is 0.712. The van der Waals surface area contributed by atoms with Gasteiger partial charge >= 0.3 is 0 Å². The smallest absolute Gasteiger partial charge is 0.128 e. The summed E-state index contributed by atoms with van der Waals surface area (Å²) in [7, 11) is 0. The molecule has 2 heteroatoms. The standard InChI is InChI=1S/C21H21NO/c1-3-14-23-21-13-10-17-6-4-5-7-19(17)20(21)15-22-18-11-8-16(2)9-12-18/h4-13,15H,3,14H2,1-2H3. The van der Waals surface area contributed by atoms with Crippen LogP contribution in [0.3, 0.4) is 0 Å². The van der Waals surface area contributed by atoms with Crippen LogP contribution in [0.15, 0.2) is 65.7 Å². The Morgan fingerprint density at radius 1 is 0.957 bits per heavy atom. The first kappa shape index (κ1) is 15.3. The highest BCUT2D eigenvalue weighted by atomic mass is 16.5. The molecule has 2 nitrogen and oxygen atoms in total. The number of rotatable bonds is 5. The molecule has 3 aromatic carbocycles. The molecule has 0 amide bonds. The zero-order valence-corrected chi connectivity index (χ0v) is 13.6. The maximum Gasteiger partial charge on any atom is 0.128 e. The second-order valence-electron chi connectivity index (χ2n) is 5.64. The highest BCUT2D eigenvalue weighted by Crippen LogP contribution is 2.27. The van der Waals surface area contributed by atoms with Gasteiger partial charge in [-0.2, -0.15) is 0 Å². The molecule has 0 fully saturated rings. The largest absolute Gasteiger partial charge is 0.493 e. The van der Waals surface area contributed by atoms with Crippen molar-refractivity contribution in [2.24, 2.45) is 4.99 Å². The van der Waals surface area contributed by atoms with Gasteiger partial charge in [0.05, 0.1) is 12.3 Å². The Balaban J connectivity index is 2.03. The van der Waals surface area contributed by atoms with Crippen molar-refractivity contribution in [1.29, 1.82) is 0 Å². The molecule has 0 atom stereocenters. The quantitative estimate of drug-likeness (QED) is 0.555. The number of aliphatic imine (C=N–C) groups is 1. The van der Waals surface area contributed by atoms with E-state index in [0.717, 1.165) is 28.8 Å². The zero-order valence-electron chi connectivity index (χ0n) is 13.6. The fourth-order valence-corrected chi connectivity index (χ4v) is 2.52. The maximum atomic E-state index is 5.91. The van der Waals surface area contributed by atoms with Crippen molar-refractivity contribution in [3.05, 3.63) is 71.8 Å².